The van der Waals surface area contributed by atoms with Gasteiger partial charge in [-0.05, 0) is 24.3 Å². The number of benzene rings is 2. The van der Waals surface area contributed by atoms with Crippen molar-refractivity contribution in [1.82, 2.24) is 14.9 Å². The Hall–Kier alpha value is -3.88. The van der Waals surface area contributed by atoms with Crippen LogP contribution in [0.2, 0.25) is 0 Å². The van der Waals surface area contributed by atoms with Crippen LogP contribution in [0, 0.1) is 0 Å². The molecule has 0 saturated carbocycles. The molecular weight excluding hydrogens is 400 g/mol. The molecule has 9 heteroatoms. The molecule has 0 unspecified atom stereocenters. The van der Waals surface area contributed by atoms with Gasteiger partial charge in [-0.15, -0.1) is 0 Å². The molecule has 2 N–H and O–H groups in total. The standard InChI is InChI=1S/C22H24N4O5/c1-23-20(27)11-9-16-22(29)26(17-7-5-4-6-15(17)25-16)13-21(28)24-14-8-10-18(30-2)19(12-14)31-3/h4-8,10,12H,9,11,13H2,1-3H3,(H,23,27)(H,24,28). The minimum Gasteiger partial charge on any atom is -0.493 e. The molecule has 0 bridgehead atoms. The van der Waals surface area contributed by atoms with Crippen molar-refractivity contribution in [3.8, 4) is 11.5 Å². The number of rotatable bonds is 8. The quantitative estimate of drug-likeness (QED) is 0.570. The van der Waals surface area contributed by atoms with Crippen molar-refractivity contribution in [2.75, 3.05) is 26.6 Å². The summed E-state index contributed by atoms with van der Waals surface area (Å²) in [6.45, 7) is -0.205. The van der Waals surface area contributed by atoms with E-state index in [0.29, 0.717) is 28.2 Å². The fourth-order valence-corrected chi connectivity index (χ4v) is 3.18. The fourth-order valence-electron chi connectivity index (χ4n) is 3.18. The Bertz CT molecular complexity index is 1170. The third kappa shape index (κ3) is 5.00. The van der Waals surface area contributed by atoms with Crippen molar-refractivity contribution >= 4 is 28.5 Å². The number of nitrogens with one attached hydrogen (secondary N) is 2. The molecule has 3 rings (SSSR count). The maximum absolute atomic E-state index is 13.0. The average molecular weight is 424 g/mol. The van der Waals surface area contributed by atoms with E-state index in [1.165, 1.54) is 25.8 Å². The van der Waals surface area contributed by atoms with Crippen LogP contribution in [0.3, 0.4) is 0 Å². The summed E-state index contributed by atoms with van der Waals surface area (Å²) in [6, 6.07) is 12.1. The van der Waals surface area contributed by atoms with Crippen LogP contribution in [-0.4, -0.2) is 42.6 Å². The SMILES string of the molecule is CNC(=O)CCc1nc2ccccc2n(CC(=O)Nc2ccc(OC)c(OC)c2)c1=O. The number of anilines is 1. The molecule has 1 heterocycles. The predicted molar refractivity (Wildman–Crippen MR) is 117 cm³/mol. The van der Waals surface area contributed by atoms with Crippen molar-refractivity contribution in [2.24, 2.45) is 0 Å². The van der Waals surface area contributed by atoms with E-state index >= 15 is 0 Å². The van der Waals surface area contributed by atoms with Gasteiger partial charge in [0.1, 0.15) is 12.2 Å². The lowest BCUT2D eigenvalue weighted by Gasteiger charge is -2.13. The number of nitrogens with zero attached hydrogens (tertiary/aromatic N) is 2. The molecule has 0 aliphatic heterocycles. The van der Waals surface area contributed by atoms with Crippen molar-refractivity contribution in [3.63, 3.8) is 0 Å². The highest BCUT2D eigenvalue weighted by Gasteiger charge is 2.15. The Balaban J connectivity index is 1.89. The van der Waals surface area contributed by atoms with E-state index in [4.69, 9.17) is 9.47 Å². The van der Waals surface area contributed by atoms with Crippen LogP contribution in [0.4, 0.5) is 5.69 Å². The highest BCUT2D eigenvalue weighted by atomic mass is 16.5. The van der Waals surface area contributed by atoms with Crippen LogP contribution < -0.4 is 25.7 Å². The maximum Gasteiger partial charge on any atom is 0.273 e. The lowest BCUT2D eigenvalue weighted by molar-refractivity contribution is -0.120. The number of hydrogen-bond donors (Lipinski definition) is 2. The normalized spacial score (nSPS) is 10.5. The van der Waals surface area contributed by atoms with Gasteiger partial charge in [-0.2, -0.15) is 0 Å². The zero-order valence-electron chi connectivity index (χ0n) is 17.6. The zero-order valence-corrected chi connectivity index (χ0v) is 17.6. The minimum absolute atomic E-state index is 0.134. The molecule has 162 valence electrons. The van der Waals surface area contributed by atoms with E-state index in [2.05, 4.69) is 15.6 Å². The number of para-hydroxylation sites is 2. The van der Waals surface area contributed by atoms with Crippen molar-refractivity contribution in [3.05, 3.63) is 58.5 Å². The molecule has 1 aromatic heterocycles. The number of aryl methyl sites for hydroxylation is 1. The van der Waals surface area contributed by atoms with Crippen molar-refractivity contribution in [2.45, 2.75) is 19.4 Å². The maximum atomic E-state index is 13.0. The number of aromatic nitrogens is 2. The summed E-state index contributed by atoms with van der Waals surface area (Å²) < 4.78 is 11.8. The topological polar surface area (TPSA) is 112 Å². The summed E-state index contributed by atoms with van der Waals surface area (Å²) in [5.74, 6) is 0.441. The molecule has 0 spiro atoms. The number of carbonyl (C=O) groups is 2. The predicted octanol–water partition coefficient (Wildman–Crippen LogP) is 1.73. The fraction of sp³-hybridized carbons (Fsp3) is 0.273. The van der Waals surface area contributed by atoms with Crippen molar-refractivity contribution < 1.29 is 19.1 Å². The van der Waals surface area contributed by atoms with Gasteiger partial charge in [-0.3, -0.25) is 19.0 Å². The first-order valence-electron chi connectivity index (χ1n) is 9.67. The van der Waals surface area contributed by atoms with Gasteiger partial charge in [0, 0.05) is 31.6 Å². The Kier molecular flexibility index (Phi) is 6.86. The lowest BCUT2D eigenvalue weighted by atomic mass is 10.2. The zero-order chi connectivity index (χ0) is 22.4. The largest absolute Gasteiger partial charge is 0.493 e. The first-order chi connectivity index (χ1) is 15.0. The summed E-state index contributed by atoms with van der Waals surface area (Å²) in [6.07, 6.45) is 0.315. The Labute approximate surface area is 179 Å². The van der Waals surface area contributed by atoms with E-state index in [0.717, 1.165) is 0 Å². The molecule has 0 fully saturated rings. The number of fused-ring (bicyclic) bond motifs is 1. The molecule has 0 aliphatic rings. The molecule has 0 radical (unpaired) electrons. The van der Waals surface area contributed by atoms with E-state index in [9.17, 15) is 14.4 Å². The molecule has 0 saturated heterocycles. The second kappa shape index (κ2) is 9.75. The van der Waals surface area contributed by atoms with Crippen LogP contribution in [-0.2, 0) is 22.6 Å². The summed E-state index contributed by atoms with van der Waals surface area (Å²) in [4.78, 5) is 41.7. The van der Waals surface area contributed by atoms with Crippen LogP contribution in [0.25, 0.3) is 11.0 Å². The van der Waals surface area contributed by atoms with Crippen LogP contribution in [0.15, 0.2) is 47.3 Å². The first-order valence-corrected chi connectivity index (χ1v) is 9.67. The molecule has 31 heavy (non-hydrogen) atoms. The van der Waals surface area contributed by atoms with E-state index in [1.54, 1.807) is 42.5 Å². The smallest absolute Gasteiger partial charge is 0.273 e. The molecule has 3 aromatic rings. The number of methoxy groups -OCH3 is 2. The minimum atomic E-state index is -0.398. The van der Waals surface area contributed by atoms with Crippen molar-refractivity contribution in [1.29, 1.82) is 0 Å². The third-order valence-electron chi connectivity index (χ3n) is 4.76. The van der Waals surface area contributed by atoms with Gasteiger partial charge >= 0.3 is 0 Å². The van der Waals surface area contributed by atoms with Crippen LogP contribution in [0.1, 0.15) is 12.1 Å². The van der Waals surface area contributed by atoms with Gasteiger partial charge in [0.15, 0.2) is 11.5 Å². The highest BCUT2D eigenvalue weighted by Crippen LogP contribution is 2.29. The molecule has 2 amide bonds. The van der Waals surface area contributed by atoms with Gasteiger partial charge in [0.05, 0.1) is 25.3 Å². The Morgan fingerprint density at radius 3 is 2.48 bits per heavy atom. The third-order valence-corrected chi connectivity index (χ3v) is 4.76. The van der Waals surface area contributed by atoms with Crippen LogP contribution >= 0.6 is 0 Å². The molecule has 9 nitrogen and oxygen atoms in total. The van der Waals surface area contributed by atoms with Crippen LogP contribution in [0.5, 0.6) is 11.5 Å². The molecule has 0 aliphatic carbocycles. The van der Waals surface area contributed by atoms with Gasteiger partial charge in [-0.1, -0.05) is 12.1 Å². The average Bonchev–Trinajstić information content (AvgIpc) is 2.79. The number of ether oxygens (including phenoxy) is 2. The number of carbonyl (C=O) groups excluding carboxylic acids is 2. The first kappa shape index (κ1) is 21.8. The summed E-state index contributed by atoms with van der Waals surface area (Å²) in [5.41, 5.74) is 1.46. The second-order valence-electron chi connectivity index (χ2n) is 6.73. The monoisotopic (exact) mass is 424 g/mol. The highest BCUT2D eigenvalue weighted by molar-refractivity contribution is 5.92. The summed E-state index contributed by atoms with van der Waals surface area (Å²) in [7, 11) is 4.57. The summed E-state index contributed by atoms with van der Waals surface area (Å²) >= 11 is 0. The molecular formula is C22H24N4O5. The van der Waals surface area contributed by atoms with Gasteiger partial charge in [-0.25, -0.2) is 4.98 Å². The number of amides is 2. The van der Waals surface area contributed by atoms with E-state index in [1.807, 2.05) is 0 Å². The Morgan fingerprint density at radius 2 is 1.77 bits per heavy atom. The Morgan fingerprint density at radius 1 is 1.03 bits per heavy atom. The molecule has 0 atom stereocenters. The van der Waals surface area contributed by atoms with Gasteiger partial charge in [0.2, 0.25) is 11.8 Å². The van der Waals surface area contributed by atoms with Gasteiger partial charge in [0.25, 0.3) is 5.56 Å². The van der Waals surface area contributed by atoms with Gasteiger partial charge < -0.3 is 20.1 Å². The summed E-state index contributed by atoms with van der Waals surface area (Å²) in [5, 5.41) is 5.29. The second-order valence-corrected chi connectivity index (χ2v) is 6.73. The van der Waals surface area contributed by atoms with E-state index < -0.39 is 5.56 Å². The van der Waals surface area contributed by atoms with E-state index in [-0.39, 0.29) is 36.9 Å². The lowest BCUT2D eigenvalue weighted by Crippen LogP contribution is -2.31. The molecule has 2 aromatic carbocycles. The number of hydrogen-bond acceptors (Lipinski definition) is 6.